The van der Waals surface area contributed by atoms with E-state index in [0.717, 1.165) is 10.1 Å². The minimum absolute atomic E-state index is 0.0990. The average Bonchev–Trinajstić information content (AvgIpc) is 3.10. The Hall–Kier alpha value is -3.61. The first-order chi connectivity index (χ1) is 13.5. The molecule has 0 radical (unpaired) electrons. The van der Waals surface area contributed by atoms with Crippen LogP contribution in [0.15, 0.2) is 68.6 Å². The van der Waals surface area contributed by atoms with Crippen molar-refractivity contribution in [2.24, 2.45) is 14.1 Å². The molecule has 6 nitrogen and oxygen atoms in total. The third-order valence-electron chi connectivity index (χ3n) is 4.73. The van der Waals surface area contributed by atoms with Crippen molar-refractivity contribution in [2.75, 3.05) is 5.32 Å². The molecule has 0 aliphatic heterocycles. The van der Waals surface area contributed by atoms with E-state index < -0.39 is 17.1 Å². The van der Waals surface area contributed by atoms with Crippen molar-refractivity contribution in [2.45, 2.75) is 6.54 Å². The molecule has 0 saturated carbocycles. The number of aromatic nitrogens is 2. The molecule has 0 bridgehead atoms. The molecule has 0 spiro atoms. The normalized spacial score (nSPS) is 11.1. The molecule has 0 fully saturated rings. The van der Waals surface area contributed by atoms with Crippen LogP contribution in [0.2, 0.25) is 0 Å². The van der Waals surface area contributed by atoms with Gasteiger partial charge < -0.3 is 9.73 Å². The molecular weight excluding hydrogens is 361 g/mol. The zero-order chi connectivity index (χ0) is 19.8. The second-order valence-electron chi connectivity index (χ2n) is 6.51. The predicted octanol–water partition coefficient (Wildman–Crippen LogP) is 3.25. The lowest BCUT2D eigenvalue weighted by molar-refractivity contribution is 0.572. The van der Waals surface area contributed by atoms with E-state index in [4.69, 9.17) is 4.42 Å². The van der Waals surface area contributed by atoms with Crippen molar-refractivity contribution in [3.8, 4) is 11.1 Å². The molecule has 2 aromatic heterocycles. The maximum atomic E-state index is 14.6. The van der Waals surface area contributed by atoms with Crippen LogP contribution in [0, 0.1) is 5.82 Å². The summed E-state index contributed by atoms with van der Waals surface area (Å²) in [4.78, 5) is 25.1. The summed E-state index contributed by atoms with van der Waals surface area (Å²) in [7, 11) is 2.90. The number of nitrogens with zero attached hydrogens (tertiary/aromatic N) is 2. The van der Waals surface area contributed by atoms with Crippen LogP contribution in [0.25, 0.3) is 22.2 Å². The van der Waals surface area contributed by atoms with E-state index in [-0.39, 0.29) is 22.5 Å². The second-order valence-corrected chi connectivity index (χ2v) is 6.51. The highest BCUT2D eigenvalue weighted by Gasteiger charge is 2.24. The van der Waals surface area contributed by atoms with Crippen molar-refractivity contribution in [1.29, 1.82) is 0 Å². The van der Waals surface area contributed by atoms with Gasteiger partial charge in [0.1, 0.15) is 11.2 Å². The lowest BCUT2D eigenvalue weighted by Crippen LogP contribution is -2.36. The van der Waals surface area contributed by atoms with E-state index in [9.17, 15) is 14.0 Å². The van der Waals surface area contributed by atoms with Crippen LogP contribution < -0.4 is 16.6 Å². The Morgan fingerprint density at radius 2 is 1.64 bits per heavy atom. The lowest BCUT2D eigenvalue weighted by Gasteiger charge is -2.07. The minimum atomic E-state index is -0.534. The Kier molecular flexibility index (Phi) is 4.35. The number of hydrogen-bond donors (Lipinski definition) is 1. The van der Waals surface area contributed by atoms with Gasteiger partial charge in [0.15, 0.2) is 0 Å². The summed E-state index contributed by atoms with van der Waals surface area (Å²) < 4.78 is 22.7. The van der Waals surface area contributed by atoms with E-state index in [1.165, 1.54) is 24.7 Å². The van der Waals surface area contributed by atoms with Crippen LogP contribution in [0.3, 0.4) is 0 Å². The van der Waals surface area contributed by atoms with Gasteiger partial charge in [0.05, 0.1) is 5.56 Å². The zero-order valence-corrected chi connectivity index (χ0v) is 15.4. The number of halogens is 1. The van der Waals surface area contributed by atoms with E-state index >= 15 is 0 Å². The van der Waals surface area contributed by atoms with Crippen LogP contribution in [-0.4, -0.2) is 9.13 Å². The summed E-state index contributed by atoms with van der Waals surface area (Å²) in [6.07, 6.45) is 0. The van der Waals surface area contributed by atoms with E-state index in [0.29, 0.717) is 12.1 Å². The number of benzene rings is 2. The molecule has 7 heteroatoms. The van der Waals surface area contributed by atoms with Gasteiger partial charge in [-0.15, -0.1) is 0 Å². The lowest BCUT2D eigenvalue weighted by atomic mass is 10.0. The third-order valence-corrected chi connectivity index (χ3v) is 4.73. The maximum absolute atomic E-state index is 14.6. The molecular formula is C21H18FN3O3. The third kappa shape index (κ3) is 2.81. The minimum Gasteiger partial charge on any atom is -0.423 e. The Morgan fingerprint density at radius 3 is 2.36 bits per heavy atom. The number of aryl methyl sites for hydroxylation is 1. The largest absolute Gasteiger partial charge is 0.423 e. The highest BCUT2D eigenvalue weighted by atomic mass is 19.1. The number of anilines is 1. The Balaban J connectivity index is 1.98. The molecule has 0 atom stereocenters. The molecule has 1 N–H and O–H groups in total. The molecule has 0 aliphatic rings. The van der Waals surface area contributed by atoms with E-state index in [2.05, 4.69) is 5.32 Å². The average molecular weight is 379 g/mol. The molecule has 0 saturated heterocycles. The Morgan fingerprint density at radius 1 is 0.964 bits per heavy atom. The fraction of sp³-hybridized carbons (Fsp3) is 0.143. The smallest absolute Gasteiger partial charge is 0.333 e. The zero-order valence-electron chi connectivity index (χ0n) is 15.4. The number of rotatable bonds is 4. The predicted molar refractivity (Wildman–Crippen MR) is 106 cm³/mol. The van der Waals surface area contributed by atoms with Gasteiger partial charge in [0.2, 0.25) is 11.6 Å². The summed E-state index contributed by atoms with van der Waals surface area (Å²) in [5.74, 6) is -0.244. The van der Waals surface area contributed by atoms with Gasteiger partial charge in [-0.1, -0.05) is 48.5 Å². The van der Waals surface area contributed by atoms with Crippen molar-refractivity contribution in [3.05, 3.63) is 86.8 Å². The fourth-order valence-electron chi connectivity index (χ4n) is 3.24. The summed E-state index contributed by atoms with van der Waals surface area (Å²) in [6.45, 7) is 0.413. The summed E-state index contributed by atoms with van der Waals surface area (Å²) in [5, 5.41) is 3.30. The topological polar surface area (TPSA) is 69.2 Å². The van der Waals surface area contributed by atoms with Crippen LogP contribution >= 0.6 is 0 Å². The van der Waals surface area contributed by atoms with Crippen LogP contribution in [-0.2, 0) is 20.6 Å². The van der Waals surface area contributed by atoms with Gasteiger partial charge in [0, 0.05) is 26.2 Å². The number of fused-ring (bicyclic) bond motifs is 1. The van der Waals surface area contributed by atoms with Crippen molar-refractivity contribution >= 4 is 17.0 Å². The van der Waals surface area contributed by atoms with Crippen LogP contribution in [0.5, 0.6) is 0 Å². The second kappa shape index (κ2) is 6.84. The van der Waals surface area contributed by atoms with Crippen LogP contribution in [0.4, 0.5) is 10.3 Å². The standard InChI is InChI=1S/C21H18FN3O3/c1-24-19(26)17-16(14-10-6-7-11-15(14)22)18(28-20(17)25(2)21(24)27)23-12-13-8-4-3-5-9-13/h3-11,23H,12H2,1-2H3. The van der Waals surface area contributed by atoms with Crippen molar-refractivity contribution < 1.29 is 8.81 Å². The van der Waals surface area contributed by atoms with E-state index in [1.54, 1.807) is 18.2 Å². The first-order valence-electron chi connectivity index (χ1n) is 8.74. The maximum Gasteiger partial charge on any atom is 0.333 e. The highest BCUT2D eigenvalue weighted by Crippen LogP contribution is 2.37. The number of furan rings is 1. The van der Waals surface area contributed by atoms with Crippen LogP contribution in [0.1, 0.15) is 5.56 Å². The Labute approximate surface area is 159 Å². The van der Waals surface area contributed by atoms with Gasteiger partial charge in [-0.3, -0.25) is 13.9 Å². The number of nitrogens with one attached hydrogen (secondary N) is 1. The molecule has 4 aromatic rings. The van der Waals surface area contributed by atoms with Gasteiger partial charge in [-0.2, -0.15) is 0 Å². The van der Waals surface area contributed by atoms with E-state index in [1.807, 2.05) is 30.3 Å². The van der Waals surface area contributed by atoms with Gasteiger partial charge in [-0.25, -0.2) is 9.18 Å². The first-order valence-corrected chi connectivity index (χ1v) is 8.74. The summed E-state index contributed by atoms with van der Waals surface area (Å²) >= 11 is 0. The fourth-order valence-corrected chi connectivity index (χ4v) is 3.24. The first kappa shape index (κ1) is 17.8. The highest BCUT2D eigenvalue weighted by molar-refractivity contribution is 5.98. The summed E-state index contributed by atoms with van der Waals surface area (Å²) in [5.41, 5.74) is 0.577. The molecule has 0 amide bonds. The van der Waals surface area contributed by atoms with Gasteiger partial charge in [-0.05, 0) is 11.6 Å². The Bertz CT molecular complexity index is 1290. The van der Waals surface area contributed by atoms with Crippen molar-refractivity contribution in [1.82, 2.24) is 9.13 Å². The monoisotopic (exact) mass is 379 g/mol. The summed E-state index contributed by atoms with van der Waals surface area (Å²) in [6, 6.07) is 15.8. The molecule has 4 rings (SSSR count). The van der Waals surface area contributed by atoms with Gasteiger partial charge in [0.25, 0.3) is 5.56 Å². The van der Waals surface area contributed by atoms with Gasteiger partial charge >= 0.3 is 5.69 Å². The van der Waals surface area contributed by atoms with Crippen molar-refractivity contribution in [3.63, 3.8) is 0 Å². The molecule has 0 unspecified atom stereocenters. The molecule has 28 heavy (non-hydrogen) atoms. The molecule has 2 aromatic carbocycles. The number of hydrogen-bond acceptors (Lipinski definition) is 4. The SMILES string of the molecule is Cn1c(=O)c2c(-c3ccccc3F)c(NCc3ccccc3)oc2n(C)c1=O. The quantitative estimate of drug-likeness (QED) is 0.591. The molecule has 2 heterocycles. The molecule has 0 aliphatic carbocycles. The molecule has 142 valence electrons.